The Morgan fingerprint density at radius 1 is 1.32 bits per heavy atom. The van der Waals surface area contributed by atoms with E-state index in [0.717, 1.165) is 29.2 Å². The fraction of sp³-hybridized carbons (Fsp3) is 0.455. The molecule has 2 atom stereocenters. The van der Waals surface area contributed by atoms with E-state index in [0.29, 0.717) is 17.8 Å². The standard InChI is InChI=1S/C22H25FN4O3S/c1-14-5-3-4-10-22(14)20(29)27(21(30)25-22)12-19(28)26(11-17-13-31-15(2)24-17)18-8-6-16(23)7-9-18/h6-9,13-14H,3-5,10-12H2,1-2H3,(H,25,30). The molecular formula is C22H25FN4O3S. The maximum atomic E-state index is 13.4. The van der Waals surface area contributed by atoms with Crippen LogP contribution in [0.4, 0.5) is 14.9 Å². The molecule has 9 heteroatoms. The van der Waals surface area contributed by atoms with Gasteiger partial charge in [-0.05, 0) is 49.9 Å². The lowest BCUT2D eigenvalue weighted by atomic mass is 9.73. The Morgan fingerprint density at radius 2 is 2.06 bits per heavy atom. The zero-order valence-electron chi connectivity index (χ0n) is 17.6. The molecule has 4 rings (SSSR count). The summed E-state index contributed by atoms with van der Waals surface area (Å²) >= 11 is 1.47. The summed E-state index contributed by atoms with van der Waals surface area (Å²) in [5.74, 6) is -1.16. The maximum absolute atomic E-state index is 13.4. The summed E-state index contributed by atoms with van der Waals surface area (Å²) in [4.78, 5) is 46.0. The second-order valence-electron chi connectivity index (χ2n) is 8.25. The van der Waals surface area contributed by atoms with Crippen LogP contribution in [0.5, 0.6) is 0 Å². The Hall–Kier alpha value is -2.81. The van der Waals surface area contributed by atoms with E-state index in [-0.39, 0.29) is 24.9 Å². The highest BCUT2D eigenvalue weighted by molar-refractivity contribution is 7.09. The molecule has 0 radical (unpaired) electrons. The summed E-state index contributed by atoms with van der Waals surface area (Å²) in [5, 5.41) is 5.59. The van der Waals surface area contributed by atoms with Gasteiger partial charge in [-0.25, -0.2) is 14.2 Å². The van der Waals surface area contributed by atoms with E-state index >= 15 is 0 Å². The van der Waals surface area contributed by atoms with Gasteiger partial charge in [0.05, 0.1) is 17.2 Å². The van der Waals surface area contributed by atoms with Gasteiger partial charge in [-0.1, -0.05) is 19.8 Å². The van der Waals surface area contributed by atoms with Gasteiger partial charge in [0.1, 0.15) is 17.9 Å². The second-order valence-corrected chi connectivity index (χ2v) is 9.32. The number of halogens is 1. The number of benzene rings is 1. The molecule has 0 bridgehead atoms. The number of aromatic nitrogens is 1. The van der Waals surface area contributed by atoms with Crippen LogP contribution in [0.15, 0.2) is 29.6 Å². The lowest BCUT2D eigenvalue weighted by Gasteiger charge is -2.36. The third-order valence-corrected chi connectivity index (χ3v) is 7.04. The second kappa shape index (κ2) is 8.37. The van der Waals surface area contributed by atoms with Crippen molar-refractivity contribution in [2.75, 3.05) is 11.4 Å². The Balaban J connectivity index is 1.57. The number of aryl methyl sites for hydroxylation is 1. The van der Waals surface area contributed by atoms with Crippen LogP contribution in [0, 0.1) is 18.7 Å². The predicted molar refractivity (Wildman–Crippen MR) is 115 cm³/mol. The van der Waals surface area contributed by atoms with Gasteiger partial charge in [-0.2, -0.15) is 0 Å². The van der Waals surface area contributed by atoms with E-state index < -0.39 is 23.3 Å². The number of carbonyl (C=O) groups is 3. The van der Waals surface area contributed by atoms with E-state index in [2.05, 4.69) is 10.3 Å². The molecule has 2 unspecified atom stereocenters. The van der Waals surface area contributed by atoms with Crippen molar-refractivity contribution >= 4 is 34.9 Å². The van der Waals surface area contributed by atoms with E-state index in [1.807, 2.05) is 19.2 Å². The maximum Gasteiger partial charge on any atom is 0.325 e. The van der Waals surface area contributed by atoms with Crippen molar-refractivity contribution in [3.63, 3.8) is 0 Å². The Labute approximate surface area is 184 Å². The SMILES string of the molecule is Cc1nc(CN(C(=O)CN2C(=O)NC3(CCCCC3C)C2=O)c2ccc(F)cc2)cs1. The average Bonchev–Trinajstić information content (AvgIpc) is 3.25. The highest BCUT2D eigenvalue weighted by atomic mass is 32.1. The van der Waals surface area contributed by atoms with Crippen LogP contribution < -0.4 is 10.2 Å². The predicted octanol–water partition coefficient (Wildman–Crippen LogP) is 3.62. The third-order valence-electron chi connectivity index (χ3n) is 6.22. The molecule has 1 spiro atoms. The topological polar surface area (TPSA) is 82.6 Å². The summed E-state index contributed by atoms with van der Waals surface area (Å²) in [5.41, 5.74) is 0.252. The molecule has 1 aliphatic heterocycles. The number of thiazole rings is 1. The van der Waals surface area contributed by atoms with E-state index in [9.17, 15) is 18.8 Å². The molecule has 1 aromatic heterocycles. The van der Waals surface area contributed by atoms with Gasteiger partial charge in [0.15, 0.2) is 0 Å². The van der Waals surface area contributed by atoms with Crippen LogP contribution in [0.25, 0.3) is 0 Å². The van der Waals surface area contributed by atoms with E-state index in [4.69, 9.17) is 0 Å². The van der Waals surface area contributed by atoms with Gasteiger partial charge in [-0.3, -0.25) is 14.5 Å². The zero-order valence-corrected chi connectivity index (χ0v) is 18.4. The number of nitrogens with one attached hydrogen (secondary N) is 1. The molecular weight excluding hydrogens is 419 g/mol. The van der Waals surface area contributed by atoms with Gasteiger partial charge in [-0.15, -0.1) is 11.3 Å². The molecule has 1 aliphatic carbocycles. The monoisotopic (exact) mass is 444 g/mol. The van der Waals surface area contributed by atoms with Crippen LogP contribution in [-0.2, 0) is 16.1 Å². The number of urea groups is 1. The number of hydrogen-bond donors (Lipinski definition) is 1. The Bertz CT molecular complexity index is 1010. The summed E-state index contributed by atoms with van der Waals surface area (Å²) in [6.07, 6.45) is 3.33. The van der Waals surface area contributed by atoms with E-state index in [1.54, 1.807) is 0 Å². The summed E-state index contributed by atoms with van der Waals surface area (Å²) < 4.78 is 13.4. The van der Waals surface area contributed by atoms with Crippen molar-refractivity contribution in [1.82, 2.24) is 15.2 Å². The fourth-order valence-electron chi connectivity index (χ4n) is 4.45. The normalized spacial score (nSPS) is 23.3. The molecule has 1 aromatic carbocycles. The first kappa shape index (κ1) is 21.4. The molecule has 2 aromatic rings. The van der Waals surface area contributed by atoms with Crippen molar-refractivity contribution in [1.29, 1.82) is 0 Å². The van der Waals surface area contributed by atoms with Crippen molar-refractivity contribution in [2.45, 2.75) is 51.6 Å². The molecule has 31 heavy (non-hydrogen) atoms. The average molecular weight is 445 g/mol. The third kappa shape index (κ3) is 4.06. The summed E-state index contributed by atoms with van der Waals surface area (Å²) in [6, 6.07) is 5.02. The molecule has 1 N–H and O–H groups in total. The Morgan fingerprint density at radius 3 is 2.71 bits per heavy atom. The van der Waals surface area contributed by atoms with E-state index in [1.165, 1.54) is 40.5 Å². The van der Waals surface area contributed by atoms with Crippen LogP contribution >= 0.6 is 11.3 Å². The lowest BCUT2D eigenvalue weighted by molar-refractivity contribution is -0.136. The number of amides is 4. The molecule has 1 saturated carbocycles. The van der Waals surface area contributed by atoms with Gasteiger partial charge < -0.3 is 10.2 Å². The van der Waals surface area contributed by atoms with Crippen molar-refractivity contribution in [2.24, 2.45) is 5.92 Å². The van der Waals surface area contributed by atoms with Crippen LogP contribution in [0.1, 0.15) is 43.3 Å². The first-order valence-electron chi connectivity index (χ1n) is 10.4. The lowest BCUT2D eigenvalue weighted by Crippen LogP contribution is -2.54. The van der Waals surface area contributed by atoms with Crippen LogP contribution in [0.2, 0.25) is 0 Å². The smallest absolute Gasteiger partial charge is 0.323 e. The first-order chi connectivity index (χ1) is 14.8. The van der Waals surface area contributed by atoms with Gasteiger partial charge in [0.25, 0.3) is 5.91 Å². The van der Waals surface area contributed by atoms with Crippen molar-refractivity contribution in [3.8, 4) is 0 Å². The van der Waals surface area contributed by atoms with Crippen molar-refractivity contribution in [3.05, 3.63) is 46.2 Å². The minimum atomic E-state index is -0.914. The molecule has 2 aliphatic rings. The number of carbonyl (C=O) groups excluding carboxylic acids is 3. The zero-order chi connectivity index (χ0) is 22.2. The number of imide groups is 1. The fourth-order valence-corrected chi connectivity index (χ4v) is 5.05. The number of hydrogen-bond acceptors (Lipinski definition) is 5. The molecule has 1 saturated heterocycles. The number of anilines is 1. The van der Waals surface area contributed by atoms with Crippen molar-refractivity contribution < 1.29 is 18.8 Å². The van der Waals surface area contributed by atoms with Gasteiger partial charge in [0, 0.05) is 11.1 Å². The molecule has 2 heterocycles. The van der Waals surface area contributed by atoms with Gasteiger partial charge >= 0.3 is 6.03 Å². The Kier molecular flexibility index (Phi) is 5.79. The summed E-state index contributed by atoms with van der Waals surface area (Å²) in [6.45, 7) is 3.63. The minimum absolute atomic E-state index is 0.0176. The molecule has 2 fully saturated rings. The molecule has 164 valence electrons. The minimum Gasteiger partial charge on any atom is -0.323 e. The summed E-state index contributed by atoms with van der Waals surface area (Å²) in [7, 11) is 0. The highest BCUT2D eigenvalue weighted by Gasteiger charge is 2.55. The molecule has 7 nitrogen and oxygen atoms in total. The van der Waals surface area contributed by atoms with Gasteiger partial charge in [0.2, 0.25) is 5.91 Å². The number of rotatable bonds is 5. The van der Waals surface area contributed by atoms with Crippen LogP contribution in [0.3, 0.4) is 0 Å². The quantitative estimate of drug-likeness (QED) is 0.714. The molecule has 4 amide bonds. The number of nitrogens with zero attached hydrogens (tertiary/aromatic N) is 3. The first-order valence-corrected chi connectivity index (χ1v) is 11.3. The largest absolute Gasteiger partial charge is 0.325 e. The highest BCUT2D eigenvalue weighted by Crippen LogP contribution is 2.38. The van der Waals surface area contributed by atoms with Crippen LogP contribution in [-0.4, -0.2) is 39.8 Å².